The number of benzene rings is 2. The van der Waals surface area contributed by atoms with Crippen LogP contribution >= 0.6 is 11.6 Å². The number of nitrogens with one attached hydrogen (secondary N) is 1. The summed E-state index contributed by atoms with van der Waals surface area (Å²) in [6.45, 7) is 0.741. The van der Waals surface area contributed by atoms with Gasteiger partial charge in [-0.2, -0.15) is 0 Å². The number of carboxylic acid groups (broad SMARTS) is 1. The van der Waals surface area contributed by atoms with Crippen LogP contribution in [0.5, 0.6) is 0 Å². The second kappa shape index (κ2) is 6.25. The van der Waals surface area contributed by atoms with Crippen LogP contribution in [0.15, 0.2) is 48.5 Å². The zero-order valence-corrected chi connectivity index (χ0v) is 11.0. The van der Waals surface area contributed by atoms with Crippen molar-refractivity contribution < 1.29 is 9.90 Å². The van der Waals surface area contributed by atoms with Crippen molar-refractivity contribution in [3.63, 3.8) is 0 Å². The van der Waals surface area contributed by atoms with Gasteiger partial charge in [0.2, 0.25) is 0 Å². The molecule has 0 spiro atoms. The lowest BCUT2D eigenvalue weighted by molar-refractivity contribution is 0.0697. The molecule has 2 N–H and O–H groups in total. The smallest absolute Gasteiger partial charge is 0.337 e. The molecule has 0 heterocycles. The third-order valence-corrected chi connectivity index (χ3v) is 3.11. The van der Waals surface area contributed by atoms with Crippen LogP contribution in [-0.4, -0.2) is 17.6 Å². The van der Waals surface area contributed by atoms with Gasteiger partial charge in [0.15, 0.2) is 0 Å². The number of anilines is 1. The van der Waals surface area contributed by atoms with Gasteiger partial charge < -0.3 is 10.4 Å². The van der Waals surface area contributed by atoms with E-state index in [2.05, 4.69) is 17.4 Å². The first-order valence-corrected chi connectivity index (χ1v) is 6.35. The Morgan fingerprint density at radius 2 is 1.89 bits per heavy atom. The Morgan fingerprint density at radius 1 is 1.16 bits per heavy atom. The largest absolute Gasteiger partial charge is 0.478 e. The van der Waals surface area contributed by atoms with Crippen molar-refractivity contribution in [3.05, 3.63) is 64.7 Å². The van der Waals surface area contributed by atoms with E-state index in [1.54, 1.807) is 18.2 Å². The van der Waals surface area contributed by atoms with E-state index in [0.717, 1.165) is 18.7 Å². The lowest BCUT2D eigenvalue weighted by Crippen LogP contribution is -2.06. The van der Waals surface area contributed by atoms with E-state index in [-0.39, 0.29) is 10.6 Å². The molecule has 2 aromatic rings. The van der Waals surface area contributed by atoms with Gasteiger partial charge in [-0.25, -0.2) is 4.79 Å². The molecule has 4 heteroatoms. The fraction of sp³-hybridized carbons (Fsp3) is 0.133. The van der Waals surface area contributed by atoms with Crippen molar-refractivity contribution in [2.75, 3.05) is 11.9 Å². The van der Waals surface area contributed by atoms with Crippen molar-refractivity contribution in [2.24, 2.45) is 0 Å². The summed E-state index contributed by atoms with van der Waals surface area (Å²) in [6, 6.07) is 15.0. The van der Waals surface area contributed by atoms with Crippen molar-refractivity contribution in [2.45, 2.75) is 6.42 Å². The summed E-state index contributed by atoms with van der Waals surface area (Å²) in [6.07, 6.45) is 0.881. The maximum absolute atomic E-state index is 11.0. The molecule has 2 aromatic carbocycles. The van der Waals surface area contributed by atoms with Gasteiger partial charge in [-0.1, -0.05) is 41.9 Å². The van der Waals surface area contributed by atoms with Gasteiger partial charge in [-0.05, 0) is 30.2 Å². The van der Waals surface area contributed by atoms with Crippen LogP contribution < -0.4 is 5.32 Å². The zero-order chi connectivity index (χ0) is 13.7. The maximum atomic E-state index is 11.0. The average Bonchev–Trinajstić information content (AvgIpc) is 2.41. The Hall–Kier alpha value is -2.00. The molecule has 19 heavy (non-hydrogen) atoms. The lowest BCUT2D eigenvalue weighted by atomic mass is 10.1. The molecule has 0 bridgehead atoms. The Balaban J connectivity index is 1.97. The fourth-order valence-corrected chi connectivity index (χ4v) is 1.99. The Morgan fingerprint density at radius 3 is 2.58 bits per heavy atom. The molecule has 0 fully saturated rings. The first-order chi connectivity index (χ1) is 9.16. The highest BCUT2D eigenvalue weighted by atomic mass is 35.5. The van der Waals surface area contributed by atoms with Gasteiger partial charge in [0.1, 0.15) is 0 Å². The standard InChI is InChI=1S/C15H14ClNO2/c16-14-7-6-12(10-13(14)15(18)19)17-9-8-11-4-2-1-3-5-11/h1-7,10,17H,8-9H2,(H,18,19). The lowest BCUT2D eigenvalue weighted by Gasteiger charge is -2.08. The Labute approximate surface area is 116 Å². The molecule has 0 unspecified atom stereocenters. The number of rotatable bonds is 5. The average molecular weight is 276 g/mol. The Kier molecular flexibility index (Phi) is 4.42. The molecule has 0 aliphatic heterocycles. The van der Waals surface area contributed by atoms with Crippen molar-refractivity contribution >= 4 is 23.3 Å². The maximum Gasteiger partial charge on any atom is 0.337 e. The number of hydrogen-bond donors (Lipinski definition) is 2. The first-order valence-electron chi connectivity index (χ1n) is 5.97. The summed E-state index contributed by atoms with van der Waals surface area (Å²) in [4.78, 5) is 11.0. The molecule has 0 saturated carbocycles. The zero-order valence-electron chi connectivity index (χ0n) is 10.3. The van der Waals surface area contributed by atoms with E-state index in [4.69, 9.17) is 16.7 Å². The summed E-state index contributed by atoms with van der Waals surface area (Å²) < 4.78 is 0. The second-order valence-corrected chi connectivity index (χ2v) is 4.57. The predicted octanol–water partition coefficient (Wildman–Crippen LogP) is 3.69. The fourth-order valence-electron chi connectivity index (χ4n) is 1.79. The van der Waals surface area contributed by atoms with E-state index in [0.29, 0.717) is 0 Å². The van der Waals surface area contributed by atoms with Gasteiger partial charge in [0.25, 0.3) is 0 Å². The van der Waals surface area contributed by atoms with Crippen LogP contribution in [0.2, 0.25) is 5.02 Å². The predicted molar refractivity (Wildman–Crippen MR) is 77.0 cm³/mol. The highest BCUT2D eigenvalue weighted by Gasteiger charge is 2.08. The molecule has 2 rings (SSSR count). The summed E-state index contributed by atoms with van der Waals surface area (Å²) in [5, 5.41) is 12.4. The molecule has 0 aromatic heterocycles. The molecule has 0 aliphatic carbocycles. The highest BCUT2D eigenvalue weighted by Crippen LogP contribution is 2.20. The molecule has 3 nitrogen and oxygen atoms in total. The molecular formula is C15H14ClNO2. The number of hydrogen-bond acceptors (Lipinski definition) is 2. The van der Waals surface area contributed by atoms with Crippen molar-refractivity contribution in [3.8, 4) is 0 Å². The molecule has 98 valence electrons. The van der Waals surface area contributed by atoms with E-state index in [1.165, 1.54) is 5.56 Å². The van der Waals surface area contributed by atoms with E-state index in [1.807, 2.05) is 18.2 Å². The minimum Gasteiger partial charge on any atom is -0.478 e. The number of halogens is 1. The van der Waals surface area contributed by atoms with Gasteiger partial charge in [0.05, 0.1) is 10.6 Å². The van der Waals surface area contributed by atoms with Crippen molar-refractivity contribution in [1.82, 2.24) is 0 Å². The van der Waals surface area contributed by atoms with Crippen LogP contribution in [0.25, 0.3) is 0 Å². The molecule has 0 saturated heterocycles. The molecular weight excluding hydrogens is 262 g/mol. The minimum atomic E-state index is -1.02. The van der Waals surface area contributed by atoms with Crippen LogP contribution in [0, 0.1) is 0 Å². The number of carboxylic acids is 1. The van der Waals surface area contributed by atoms with E-state index in [9.17, 15) is 4.79 Å². The monoisotopic (exact) mass is 275 g/mol. The highest BCUT2D eigenvalue weighted by molar-refractivity contribution is 6.33. The van der Waals surface area contributed by atoms with Crippen LogP contribution in [-0.2, 0) is 6.42 Å². The van der Waals surface area contributed by atoms with Gasteiger partial charge in [0, 0.05) is 12.2 Å². The molecule has 0 atom stereocenters. The first kappa shape index (κ1) is 13.4. The van der Waals surface area contributed by atoms with Crippen LogP contribution in [0.4, 0.5) is 5.69 Å². The topological polar surface area (TPSA) is 49.3 Å². The summed E-state index contributed by atoms with van der Waals surface area (Å²) in [7, 11) is 0. The number of carbonyl (C=O) groups is 1. The Bertz CT molecular complexity index is 570. The summed E-state index contributed by atoms with van der Waals surface area (Å²) in [5.74, 6) is -1.02. The summed E-state index contributed by atoms with van der Waals surface area (Å²) >= 11 is 5.81. The quantitative estimate of drug-likeness (QED) is 0.875. The molecule has 0 radical (unpaired) electrons. The second-order valence-electron chi connectivity index (χ2n) is 4.16. The van der Waals surface area contributed by atoms with Gasteiger partial charge >= 0.3 is 5.97 Å². The van der Waals surface area contributed by atoms with Crippen LogP contribution in [0.1, 0.15) is 15.9 Å². The van der Waals surface area contributed by atoms with E-state index < -0.39 is 5.97 Å². The van der Waals surface area contributed by atoms with E-state index >= 15 is 0 Å². The van der Waals surface area contributed by atoms with Gasteiger partial charge in [-0.3, -0.25) is 0 Å². The molecule has 0 aliphatic rings. The van der Waals surface area contributed by atoms with Gasteiger partial charge in [-0.15, -0.1) is 0 Å². The molecule has 0 amide bonds. The minimum absolute atomic E-state index is 0.117. The summed E-state index contributed by atoms with van der Waals surface area (Å²) in [5.41, 5.74) is 2.12. The SMILES string of the molecule is O=C(O)c1cc(NCCc2ccccc2)ccc1Cl. The third kappa shape index (κ3) is 3.73. The third-order valence-electron chi connectivity index (χ3n) is 2.78. The number of aromatic carboxylic acids is 1. The van der Waals surface area contributed by atoms with Crippen LogP contribution in [0.3, 0.4) is 0 Å². The normalized spacial score (nSPS) is 10.2. The van der Waals surface area contributed by atoms with Crippen molar-refractivity contribution in [1.29, 1.82) is 0 Å².